The highest BCUT2D eigenvalue weighted by atomic mass is 35.5. The molecule has 0 aromatic heterocycles. The number of aliphatic imine (C=N–C) groups is 1. The normalized spacial score (nSPS) is 19.4. The van der Waals surface area contributed by atoms with Crippen LogP contribution in [0, 0.1) is 0 Å². The number of amides is 2. The minimum absolute atomic E-state index is 0.329. The molecule has 2 amide bonds. The van der Waals surface area contributed by atoms with Crippen LogP contribution in [-0.2, 0) is 9.59 Å². The first-order chi connectivity index (χ1) is 8.63. The summed E-state index contributed by atoms with van der Waals surface area (Å²) < 4.78 is 0. The summed E-state index contributed by atoms with van der Waals surface area (Å²) in [5.74, 6) is -1.51. The number of hydrogen-bond acceptors (Lipinski definition) is 3. The number of halogens is 1. The highest BCUT2D eigenvalue weighted by molar-refractivity contribution is 6.32. The van der Waals surface area contributed by atoms with Gasteiger partial charge in [-0.05, 0) is 18.7 Å². The molecule has 1 aliphatic rings. The van der Waals surface area contributed by atoms with Gasteiger partial charge in [-0.1, -0.05) is 29.8 Å². The van der Waals surface area contributed by atoms with Crippen molar-refractivity contribution in [2.75, 3.05) is 13.6 Å². The van der Waals surface area contributed by atoms with Crippen molar-refractivity contribution in [1.29, 1.82) is 0 Å². The van der Waals surface area contributed by atoms with E-state index in [0.717, 1.165) is 0 Å². The van der Waals surface area contributed by atoms with Crippen LogP contribution in [0.4, 0.5) is 0 Å². The third-order valence-electron chi connectivity index (χ3n) is 2.58. The van der Waals surface area contributed by atoms with Crippen LogP contribution in [-0.4, -0.2) is 31.2 Å². The number of nitrogens with zero attached hydrogens (tertiary/aromatic N) is 1. The van der Waals surface area contributed by atoms with Crippen LogP contribution < -0.4 is 10.6 Å². The minimum Gasteiger partial charge on any atom is -0.313 e. The number of benzene rings is 1. The van der Waals surface area contributed by atoms with E-state index >= 15 is 0 Å². The molecule has 1 heterocycles. The smallest absolute Gasteiger partial charge is 0.264 e. The number of carbonyl (C=O) groups excluding carboxylic acids is 2. The van der Waals surface area contributed by atoms with Gasteiger partial charge < -0.3 is 10.6 Å². The topological polar surface area (TPSA) is 70.6 Å². The third-order valence-corrected chi connectivity index (χ3v) is 2.93. The monoisotopic (exact) mass is 265 g/mol. The van der Waals surface area contributed by atoms with E-state index in [4.69, 9.17) is 11.6 Å². The van der Waals surface area contributed by atoms with E-state index in [1.165, 1.54) is 0 Å². The molecular formula is C12H12ClN3O2. The third kappa shape index (κ3) is 2.42. The van der Waals surface area contributed by atoms with Crippen molar-refractivity contribution >= 4 is 29.3 Å². The molecule has 1 aromatic carbocycles. The molecule has 18 heavy (non-hydrogen) atoms. The predicted molar refractivity (Wildman–Crippen MR) is 68.7 cm³/mol. The number of nitrogens with one attached hydrogen (secondary N) is 2. The molecule has 0 bridgehead atoms. The van der Waals surface area contributed by atoms with Crippen molar-refractivity contribution in [3.05, 3.63) is 34.9 Å². The van der Waals surface area contributed by atoms with Crippen LogP contribution >= 0.6 is 11.6 Å². The Balaban J connectivity index is 2.34. The van der Waals surface area contributed by atoms with Gasteiger partial charge in [0.15, 0.2) is 0 Å². The second kappa shape index (κ2) is 5.29. The second-order valence-corrected chi connectivity index (χ2v) is 4.28. The zero-order valence-electron chi connectivity index (χ0n) is 9.74. The molecule has 94 valence electrons. The molecule has 2 rings (SSSR count). The summed E-state index contributed by atoms with van der Waals surface area (Å²) >= 11 is 5.99. The molecule has 0 saturated heterocycles. The maximum Gasteiger partial charge on any atom is 0.264 e. The molecule has 5 nitrogen and oxygen atoms in total. The maximum atomic E-state index is 11.9. The van der Waals surface area contributed by atoms with E-state index in [0.29, 0.717) is 23.0 Å². The molecule has 0 aliphatic carbocycles. The lowest BCUT2D eigenvalue weighted by Gasteiger charge is -2.20. The number of rotatable bonds is 3. The van der Waals surface area contributed by atoms with E-state index in [1.54, 1.807) is 31.3 Å². The van der Waals surface area contributed by atoms with E-state index in [-0.39, 0.29) is 0 Å². The molecule has 1 unspecified atom stereocenters. The summed E-state index contributed by atoms with van der Waals surface area (Å²) in [6, 6.07) is 6.77. The van der Waals surface area contributed by atoms with Gasteiger partial charge in [-0.15, -0.1) is 0 Å². The fourth-order valence-corrected chi connectivity index (χ4v) is 2.03. The van der Waals surface area contributed by atoms with Crippen molar-refractivity contribution in [1.82, 2.24) is 10.6 Å². The van der Waals surface area contributed by atoms with Gasteiger partial charge in [0.2, 0.25) is 5.91 Å². The molecule has 1 aliphatic heterocycles. The Bertz CT molecular complexity index is 528. The number of likely N-dealkylation sites (N-methyl/N-ethyl adjacent to an activating group) is 1. The molecule has 2 N–H and O–H groups in total. The van der Waals surface area contributed by atoms with Crippen LogP contribution in [0.5, 0.6) is 0 Å². The van der Waals surface area contributed by atoms with Gasteiger partial charge in [-0.3, -0.25) is 9.59 Å². The average Bonchev–Trinajstić information content (AvgIpc) is 2.31. The lowest BCUT2D eigenvalue weighted by Crippen LogP contribution is -2.46. The standard InChI is InChI=1S/C12H12ClN3O2/c1-14-6-9-15-11(17)10(12(18)16-9)7-4-2-3-5-8(7)13/h2-5,10,14H,6H2,1H3,(H,15,16,17,18). The van der Waals surface area contributed by atoms with Gasteiger partial charge in [0.05, 0.1) is 6.54 Å². The van der Waals surface area contributed by atoms with Gasteiger partial charge in [0.1, 0.15) is 11.8 Å². The SMILES string of the molecule is CNCC1=NC(=O)C(c2ccccc2Cl)C(=O)N1. The van der Waals surface area contributed by atoms with E-state index < -0.39 is 17.7 Å². The molecule has 0 radical (unpaired) electrons. The molecule has 0 spiro atoms. The summed E-state index contributed by atoms with van der Waals surface area (Å²) in [7, 11) is 1.71. The van der Waals surface area contributed by atoms with E-state index in [2.05, 4.69) is 15.6 Å². The molecule has 1 aromatic rings. The Morgan fingerprint density at radius 1 is 1.39 bits per heavy atom. The molecule has 6 heteroatoms. The van der Waals surface area contributed by atoms with Gasteiger partial charge in [-0.2, -0.15) is 4.99 Å². The van der Waals surface area contributed by atoms with Gasteiger partial charge in [-0.25, -0.2) is 0 Å². The number of amidine groups is 1. The van der Waals surface area contributed by atoms with Crippen LogP contribution in [0.1, 0.15) is 11.5 Å². The summed E-state index contributed by atoms with van der Waals surface area (Å²) in [5, 5.41) is 5.80. The van der Waals surface area contributed by atoms with Crippen molar-refractivity contribution in [3.63, 3.8) is 0 Å². The second-order valence-electron chi connectivity index (χ2n) is 3.87. The molecule has 1 atom stereocenters. The average molecular weight is 266 g/mol. The van der Waals surface area contributed by atoms with E-state index in [1.807, 2.05) is 0 Å². The van der Waals surface area contributed by atoms with Crippen molar-refractivity contribution < 1.29 is 9.59 Å². The first-order valence-corrected chi connectivity index (χ1v) is 5.82. The summed E-state index contributed by atoms with van der Waals surface area (Å²) in [4.78, 5) is 27.7. The Kier molecular flexibility index (Phi) is 3.74. The quantitative estimate of drug-likeness (QED) is 0.791. The Morgan fingerprint density at radius 3 is 2.72 bits per heavy atom. The Labute approximate surface area is 109 Å². The highest BCUT2D eigenvalue weighted by Crippen LogP contribution is 2.27. The molecular weight excluding hydrogens is 254 g/mol. The maximum absolute atomic E-state index is 11.9. The van der Waals surface area contributed by atoms with Crippen LogP contribution in [0.2, 0.25) is 5.02 Å². The summed E-state index contributed by atoms with van der Waals surface area (Å²) in [5.41, 5.74) is 0.480. The predicted octanol–water partition coefficient (Wildman–Crippen LogP) is 0.698. The summed E-state index contributed by atoms with van der Waals surface area (Å²) in [6.45, 7) is 0.340. The van der Waals surface area contributed by atoms with Crippen LogP contribution in [0.25, 0.3) is 0 Å². The summed E-state index contributed by atoms with van der Waals surface area (Å²) in [6.07, 6.45) is 0. The van der Waals surface area contributed by atoms with Gasteiger partial charge >= 0.3 is 0 Å². The lowest BCUT2D eigenvalue weighted by atomic mass is 9.96. The zero-order valence-corrected chi connectivity index (χ0v) is 10.5. The van der Waals surface area contributed by atoms with Crippen LogP contribution in [0.3, 0.4) is 0 Å². The Morgan fingerprint density at radius 2 is 2.11 bits per heavy atom. The van der Waals surface area contributed by atoms with Crippen LogP contribution in [0.15, 0.2) is 29.3 Å². The van der Waals surface area contributed by atoms with Crippen molar-refractivity contribution in [3.8, 4) is 0 Å². The number of carbonyl (C=O) groups is 2. The van der Waals surface area contributed by atoms with Gasteiger partial charge in [0.25, 0.3) is 5.91 Å². The largest absolute Gasteiger partial charge is 0.313 e. The first-order valence-electron chi connectivity index (χ1n) is 5.44. The van der Waals surface area contributed by atoms with Crippen molar-refractivity contribution in [2.45, 2.75) is 5.92 Å². The Hall–Kier alpha value is -1.72. The van der Waals surface area contributed by atoms with Crippen molar-refractivity contribution in [2.24, 2.45) is 4.99 Å². The number of hydrogen-bond donors (Lipinski definition) is 2. The lowest BCUT2D eigenvalue weighted by molar-refractivity contribution is -0.129. The molecule has 0 fully saturated rings. The van der Waals surface area contributed by atoms with Gasteiger partial charge in [0, 0.05) is 5.02 Å². The fourth-order valence-electron chi connectivity index (χ4n) is 1.79. The fraction of sp³-hybridized carbons (Fsp3) is 0.250. The molecule has 0 saturated carbocycles. The van der Waals surface area contributed by atoms with E-state index in [9.17, 15) is 9.59 Å². The highest BCUT2D eigenvalue weighted by Gasteiger charge is 2.34. The zero-order chi connectivity index (χ0) is 13.1. The first kappa shape index (κ1) is 12.7. The minimum atomic E-state index is -0.959.